The first-order chi connectivity index (χ1) is 4.63. The van der Waals surface area contributed by atoms with Crippen molar-refractivity contribution in [2.24, 2.45) is 0 Å². The van der Waals surface area contributed by atoms with E-state index in [0.717, 1.165) is 0 Å². The molecule has 0 bridgehead atoms. The van der Waals surface area contributed by atoms with Crippen molar-refractivity contribution in [3.05, 3.63) is 17.9 Å². The van der Waals surface area contributed by atoms with Crippen LogP contribution in [-0.4, -0.2) is 24.1 Å². The Bertz CT molecular complexity index is 210. The Morgan fingerprint density at radius 2 is 2.20 bits per heavy atom. The third kappa shape index (κ3) is 1.76. The molecule has 0 saturated carbocycles. The zero-order valence-electron chi connectivity index (χ0n) is 5.38. The van der Waals surface area contributed by atoms with Gasteiger partial charge in [0.05, 0.1) is 7.11 Å². The second kappa shape index (κ2) is 3.48. The number of carboxylic acids is 1. The van der Waals surface area contributed by atoms with Crippen LogP contribution in [0.3, 0.4) is 0 Å². The summed E-state index contributed by atoms with van der Waals surface area (Å²) >= 11 is 0. The summed E-state index contributed by atoms with van der Waals surface area (Å²) in [5.74, 6) is -0.385. The Morgan fingerprint density at radius 1 is 1.70 bits per heavy atom. The standard InChI is InChI=1S/C6H6O4/c1-4(10-2)5(3-7)6(8)9/h1H2,2H3,(H,8,9). The number of carbonyl (C=O) groups is 1. The first-order valence-corrected chi connectivity index (χ1v) is 2.35. The molecule has 0 aliphatic carbocycles. The summed E-state index contributed by atoms with van der Waals surface area (Å²) in [5.41, 5.74) is -0.581. The largest absolute Gasteiger partial charge is 0.496 e. The predicted octanol–water partition coefficient (Wildman–Crippen LogP) is -0.0109. The first-order valence-electron chi connectivity index (χ1n) is 2.35. The quantitative estimate of drug-likeness (QED) is 0.260. The summed E-state index contributed by atoms with van der Waals surface area (Å²) in [7, 11) is 1.22. The normalized spacial score (nSPS) is 7.70. The van der Waals surface area contributed by atoms with Crippen LogP contribution in [0.25, 0.3) is 0 Å². The molecule has 0 aliphatic heterocycles. The Kier molecular flexibility index (Phi) is 2.94. The fraction of sp³-hybridized carbons (Fsp3) is 0.167. The molecule has 0 radical (unpaired) electrons. The number of methoxy groups -OCH3 is 1. The lowest BCUT2D eigenvalue weighted by atomic mass is 10.3. The molecule has 0 aromatic rings. The van der Waals surface area contributed by atoms with E-state index in [1.54, 1.807) is 0 Å². The molecule has 0 spiro atoms. The van der Waals surface area contributed by atoms with Gasteiger partial charge in [0.1, 0.15) is 11.7 Å². The van der Waals surface area contributed by atoms with Crippen LogP contribution in [0.5, 0.6) is 0 Å². The average molecular weight is 142 g/mol. The zero-order valence-corrected chi connectivity index (χ0v) is 5.38. The van der Waals surface area contributed by atoms with Crippen molar-refractivity contribution in [3.8, 4) is 0 Å². The van der Waals surface area contributed by atoms with Crippen LogP contribution in [-0.2, 0) is 14.3 Å². The number of hydrogen-bond donors (Lipinski definition) is 1. The molecule has 10 heavy (non-hydrogen) atoms. The molecular weight excluding hydrogens is 136 g/mol. The summed E-state index contributed by atoms with van der Waals surface area (Å²) in [6.07, 6.45) is 0. The van der Waals surface area contributed by atoms with E-state index in [0.29, 0.717) is 0 Å². The fourth-order valence-corrected chi connectivity index (χ4v) is 0.322. The lowest BCUT2D eigenvalue weighted by Gasteiger charge is -1.98. The molecule has 0 aliphatic rings. The molecular formula is C6H6O4. The maximum atomic E-state index is 10.1. The van der Waals surface area contributed by atoms with Crippen molar-refractivity contribution < 1.29 is 19.4 Å². The molecule has 0 heterocycles. The molecule has 0 aromatic heterocycles. The third-order valence-corrected chi connectivity index (χ3v) is 0.841. The second-order valence-corrected chi connectivity index (χ2v) is 1.41. The highest BCUT2D eigenvalue weighted by atomic mass is 16.5. The monoisotopic (exact) mass is 142 g/mol. The highest BCUT2D eigenvalue weighted by Gasteiger charge is 2.12. The van der Waals surface area contributed by atoms with E-state index in [-0.39, 0.29) is 5.76 Å². The van der Waals surface area contributed by atoms with Gasteiger partial charge in [0.15, 0.2) is 5.57 Å². The zero-order chi connectivity index (χ0) is 8.15. The van der Waals surface area contributed by atoms with Gasteiger partial charge in [0.25, 0.3) is 0 Å². The van der Waals surface area contributed by atoms with Crippen molar-refractivity contribution in [1.82, 2.24) is 0 Å². The Balaban J connectivity index is 4.56. The highest BCUT2D eigenvalue weighted by Crippen LogP contribution is 2.02. The fourth-order valence-electron chi connectivity index (χ4n) is 0.322. The SMILES string of the molecule is C=C(OC)C(=C=O)C(=O)O. The second-order valence-electron chi connectivity index (χ2n) is 1.41. The minimum atomic E-state index is -1.39. The number of aliphatic carboxylic acids is 1. The van der Waals surface area contributed by atoms with Gasteiger partial charge in [-0.1, -0.05) is 6.58 Å². The molecule has 54 valence electrons. The molecule has 0 rings (SSSR count). The van der Waals surface area contributed by atoms with Crippen LogP contribution in [0, 0.1) is 0 Å². The van der Waals surface area contributed by atoms with Crippen molar-refractivity contribution in [2.75, 3.05) is 7.11 Å². The van der Waals surface area contributed by atoms with Crippen LogP contribution in [0.15, 0.2) is 17.9 Å². The minimum absolute atomic E-state index is 0.192. The summed E-state index contributed by atoms with van der Waals surface area (Å²) < 4.78 is 4.39. The van der Waals surface area contributed by atoms with Gasteiger partial charge in [-0.25, -0.2) is 9.59 Å². The molecule has 4 nitrogen and oxygen atoms in total. The molecule has 1 N–H and O–H groups in total. The van der Waals surface area contributed by atoms with E-state index in [1.807, 2.05) is 0 Å². The van der Waals surface area contributed by atoms with Crippen LogP contribution >= 0.6 is 0 Å². The maximum Gasteiger partial charge on any atom is 0.350 e. The van der Waals surface area contributed by atoms with Crippen molar-refractivity contribution in [1.29, 1.82) is 0 Å². The van der Waals surface area contributed by atoms with E-state index in [4.69, 9.17) is 5.11 Å². The van der Waals surface area contributed by atoms with E-state index in [2.05, 4.69) is 11.3 Å². The van der Waals surface area contributed by atoms with Gasteiger partial charge in [0, 0.05) is 0 Å². The topological polar surface area (TPSA) is 63.6 Å². The van der Waals surface area contributed by atoms with E-state index in [1.165, 1.54) is 13.1 Å². The van der Waals surface area contributed by atoms with Crippen molar-refractivity contribution in [2.45, 2.75) is 0 Å². The molecule has 0 fully saturated rings. The van der Waals surface area contributed by atoms with Crippen LogP contribution in [0.1, 0.15) is 0 Å². The van der Waals surface area contributed by atoms with Crippen LogP contribution in [0.2, 0.25) is 0 Å². The lowest BCUT2D eigenvalue weighted by molar-refractivity contribution is -0.132. The molecule has 0 saturated heterocycles. The smallest absolute Gasteiger partial charge is 0.350 e. The number of ether oxygens (including phenoxy) is 1. The summed E-state index contributed by atoms with van der Waals surface area (Å²) in [6.45, 7) is 3.16. The van der Waals surface area contributed by atoms with E-state index >= 15 is 0 Å². The minimum Gasteiger partial charge on any atom is -0.496 e. The van der Waals surface area contributed by atoms with Gasteiger partial charge < -0.3 is 9.84 Å². The molecule has 0 atom stereocenters. The Hall–Kier alpha value is -1.54. The van der Waals surface area contributed by atoms with Crippen molar-refractivity contribution >= 4 is 11.9 Å². The van der Waals surface area contributed by atoms with Gasteiger partial charge in [-0.15, -0.1) is 0 Å². The van der Waals surface area contributed by atoms with Gasteiger partial charge in [-0.2, -0.15) is 0 Å². The maximum absolute atomic E-state index is 10.1. The molecule has 0 amide bonds. The number of carbonyl (C=O) groups excluding carboxylic acids is 1. The Morgan fingerprint density at radius 3 is 2.30 bits per heavy atom. The molecule has 0 aromatic carbocycles. The summed E-state index contributed by atoms with van der Waals surface area (Å²) in [5, 5.41) is 8.23. The van der Waals surface area contributed by atoms with E-state index in [9.17, 15) is 9.59 Å². The number of hydrogen-bond acceptors (Lipinski definition) is 3. The summed E-state index contributed by atoms with van der Waals surface area (Å²) in [6, 6.07) is 0. The van der Waals surface area contributed by atoms with Gasteiger partial charge in [0.2, 0.25) is 0 Å². The highest BCUT2D eigenvalue weighted by molar-refractivity contribution is 5.99. The van der Waals surface area contributed by atoms with Gasteiger partial charge >= 0.3 is 5.97 Å². The average Bonchev–Trinajstić information content (AvgIpc) is 1.88. The Labute approximate surface area is 57.4 Å². The summed E-state index contributed by atoms with van der Waals surface area (Å²) in [4.78, 5) is 20.0. The predicted molar refractivity (Wildman–Crippen MR) is 33.0 cm³/mol. The van der Waals surface area contributed by atoms with Crippen LogP contribution in [0.4, 0.5) is 0 Å². The van der Waals surface area contributed by atoms with Crippen LogP contribution < -0.4 is 0 Å². The molecule has 0 unspecified atom stereocenters. The van der Waals surface area contributed by atoms with E-state index < -0.39 is 11.5 Å². The van der Waals surface area contributed by atoms with Gasteiger partial charge in [-0.3, -0.25) is 0 Å². The number of rotatable bonds is 3. The number of carboxylic acid groups (broad SMARTS) is 1. The lowest BCUT2D eigenvalue weighted by Crippen LogP contribution is -2.04. The van der Waals surface area contributed by atoms with Crippen molar-refractivity contribution in [3.63, 3.8) is 0 Å². The van der Waals surface area contributed by atoms with Gasteiger partial charge in [-0.05, 0) is 0 Å². The third-order valence-electron chi connectivity index (χ3n) is 0.841. The first kappa shape index (κ1) is 8.46. The molecule has 4 heteroatoms.